The van der Waals surface area contributed by atoms with Gasteiger partial charge in [-0.2, -0.15) is 0 Å². The number of aromatic nitrogens is 1. The number of hydrogen-bond acceptors (Lipinski definition) is 3. The molecule has 0 spiro atoms. The molecule has 2 aromatic carbocycles. The monoisotopic (exact) mass is 387 g/mol. The standard InChI is InChI=1S/C26H29NO2/c1-19-7-9-21(10-8-19)24(17-20-13-15-27-16-14-20)22-11-12-25(28-2)26(18-22)29-23-5-3-4-6-23/h7-16,18,23-24H,3-6,17H2,1-2H3. The van der Waals surface area contributed by atoms with E-state index in [2.05, 4.69) is 60.4 Å². The van der Waals surface area contributed by atoms with Gasteiger partial charge < -0.3 is 9.47 Å². The molecule has 1 saturated carbocycles. The molecule has 3 heteroatoms. The van der Waals surface area contributed by atoms with Crippen molar-refractivity contribution in [2.75, 3.05) is 7.11 Å². The second-order valence-electron chi connectivity index (χ2n) is 7.96. The molecule has 3 aromatic rings. The number of pyridine rings is 1. The van der Waals surface area contributed by atoms with Crippen molar-refractivity contribution >= 4 is 0 Å². The summed E-state index contributed by atoms with van der Waals surface area (Å²) in [6, 6.07) is 19.5. The summed E-state index contributed by atoms with van der Waals surface area (Å²) in [5, 5.41) is 0. The van der Waals surface area contributed by atoms with Gasteiger partial charge in [-0.25, -0.2) is 0 Å². The Balaban J connectivity index is 1.69. The van der Waals surface area contributed by atoms with E-state index in [1.54, 1.807) is 7.11 Å². The highest BCUT2D eigenvalue weighted by molar-refractivity contribution is 5.47. The summed E-state index contributed by atoms with van der Waals surface area (Å²) in [6.45, 7) is 2.13. The normalized spacial score (nSPS) is 15.2. The SMILES string of the molecule is COc1ccc(C(Cc2ccncc2)c2ccc(C)cc2)cc1OC1CCCC1. The average molecular weight is 388 g/mol. The van der Waals surface area contributed by atoms with Crippen LogP contribution in [0.1, 0.15) is 53.9 Å². The molecule has 150 valence electrons. The zero-order valence-electron chi connectivity index (χ0n) is 17.3. The zero-order valence-corrected chi connectivity index (χ0v) is 17.3. The molecule has 4 rings (SSSR count). The van der Waals surface area contributed by atoms with E-state index in [0.717, 1.165) is 30.8 Å². The maximum Gasteiger partial charge on any atom is 0.161 e. The van der Waals surface area contributed by atoms with Gasteiger partial charge in [0.05, 0.1) is 13.2 Å². The first-order valence-corrected chi connectivity index (χ1v) is 10.5. The van der Waals surface area contributed by atoms with Gasteiger partial charge in [0.25, 0.3) is 0 Å². The number of rotatable bonds is 7. The molecule has 29 heavy (non-hydrogen) atoms. The van der Waals surface area contributed by atoms with Crippen LogP contribution in [0.15, 0.2) is 67.0 Å². The Morgan fingerprint density at radius 2 is 1.59 bits per heavy atom. The number of ether oxygens (including phenoxy) is 2. The van der Waals surface area contributed by atoms with Crippen LogP contribution in [0.4, 0.5) is 0 Å². The highest BCUT2D eigenvalue weighted by Crippen LogP contribution is 2.37. The van der Waals surface area contributed by atoms with Gasteiger partial charge in [-0.05, 0) is 80.0 Å². The second kappa shape index (κ2) is 9.13. The molecule has 1 aliphatic carbocycles. The van der Waals surface area contributed by atoms with Gasteiger partial charge in [0, 0.05) is 18.3 Å². The van der Waals surface area contributed by atoms with Crippen molar-refractivity contribution in [2.45, 2.75) is 51.0 Å². The van der Waals surface area contributed by atoms with Crippen molar-refractivity contribution in [1.29, 1.82) is 0 Å². The lowest BCUT2D eigenvalue weighted by molar-refractivity contribution is 0.200. The molecule has 0 radical (unpaired) electrons. The van der Waals surface area contributed by atoms with Gasteiger partial charge in [-0.3, -0.25) is 4.98 Å². The lowest BCUT2D eigenvalue weighted by Crippen LogP contribution is -2.12. The van der Waals surface area contributed by atoms with Crippen LogP contribution >= 0.6 is 0 Å². The third-order valence-corrected chi connectivity index (χ3v) is 5.85. The van der Waals surface area contributed by atoms with Crippen molar-refractivity contribution in [2.24, 2.45) is 0 Å². The van der Waals surface area contributed by atoms with Crippen molar-refractivity contribution in [1.82, 2.24) is 4.98 Å². The Morgan fingerprint density at radius 3 is 2.28 bits per heavy atom. The van der Waals surface area contributed by atoms with Crippen molar-refractivity contribution in [3.63, 3.8) is 0 Å². The fourth-order valence-corrected chi connectivity index (χ4v) is 4.17. The smallest absolute Gasteiger partial charge is 0.161 e. The Kier molecular flexibility index (Phi) is 6.14. The Labute approximate surface area is 173 Å². The third kappa shape index (κ3) is 4.79. The quantitative estimate of drug-likeness (QED) is 0.491. The number of aryl methyl sites for hydroxylation is 1. The van der Waals surface area contributed by atoms with Crippen LogP contribution in [-0.2, 0) is 6.42 Å². The van der Waals surface area contributed by atoms with Crippen molar-refractivity contribution in [3.8, 4) is 11.5 Å². The first kappa shape index (κ1) is 19.5. The fraction of sp³-hybridized carbons (Fsp3) is 0.346. The van der Waals surface area contributed by atoms with E-state index in [-0.39, 0.29) is 5.92 Å². The largest absolute Gasteiger partial charge is 0.493 e. The minimum Gasteiger partial charge on any atom is -0.493 e. The minimum absolute atomic E-state index is 0.245. The van der Waals surface area contributed by atoms with E-state index in [4.69, 9.17) is 9.47 Å². The number of benzene rings is 2. The van der Waals surface area contributed by atoms with Crippen LogP contribution in [0.25, 0.3) is 0 Å². The summed E-state index contributed by atoms with van der Waals surface area (Å²) in [5.74, 6) is 1.92. The van der Waals surface area contributed by atoms with E-state index in [1.807, 2.05) is 18.5 Å². The summed E-state index contributed by atoms with van der Waals surface area (Å²) < 4.78 is 12.0. The maximum atomic E-state index is 6.36. The molecule has 0 saturated heterocycles. The predicted octanol–water partition coefficient (Wildman–Crippen LogP) is 6.09. The molecule has 0 N–H and O–H groups in total. The van der Waals surface area contributed by atoms with Crippen LogP contribution in [-0.4, -0.2) is 18.2 Å². The molecule has 0 amide bonds. The molecular weight excluding hydrogens is 358 g/mol. The van der Waals surface area contributed by atoms with Crippen LogP contribution in [0.2, 0.25) is 0 Å². The topological polar surface area (TPSA) is 31.4 Å². The van der Waals surface area contributed by atoms with E-state index < -0.39 is 0 Å². The van der Waals surface area contributed by atoms with Crippen molar-refractivity contribution < 1.29 is 9.47 Å². The van der Waals surface area contributed by atoms with Gasteiger partial charge in [-0.1, -0.05) is 35.9 Å². The maximum absolute atomic E-state index is 6.36. The summed E-state index contributed by atoms with van der Waals surface area (Å²) in [6.07, 6.45) is 9.71. The van der Waals surface area contributed by atoms with Crippen LogP contribution < -0.4 is 9.47 Å². The predicted molar refractivity (Wildman–Crippen MR) is 117 cm³/mol. The lowest BCUT2D eigenvalue weighted by Gasteiger charge is -2.22. The van der Waals surface area contributed by atoms with Crippen molar-refractivity contribution in [3.05, 3.63) is 89.2 Å². The molecule has 1 fully saturated rings. The van der Waals surface area contributed by atoms with Gasteiger partial charge in [0.2, 0.25) is 0 Å². The summed E-state index contributed by atoms with van der Waals surface area (Å²) in [5.41, 5.74) is 5.11. The third-order valence-electron chi connectivity index (χ3n) is 5.85. The van der Waals surface area contributed by atoms with Crippen LogP contribution in [0.3, 0.4) is 0 Å². The molecule has 1 aliphatic rings. The Hall–Kier alpha value is -2.81. The van der Waals surface area contributed by atoms with E-state index in [0.29, 0.717) is 6.10 Å². The van der Waals surface area contributed by atoms with Gasteiger partial charge in [-0.15, -0.1) is 0 Å². The molecule has 1 unspecified atom stereocenters. The molecule has 0 bridgehead atoms. The molecule has 3 nitrogen and oxygen atoms in total. The molecule has 1 atom stereocenters. The number of hydrogen-bond donors (Lipinski definition) is 0. The zero-order chi connectivity index (χ0) is 20.1. The number of nitrogens with zero attached hydrogens (tertiary/aromatic N) is 1. The lowest BCUT2D eigenvalue weighted by atomic mass is 9.85. The summed E-state index contributed by atoms with van der Waals surface area (Å²) >= 11 is 0. The molecular formula is C26H29NO2. The summed E-state index contributed by atoms with van der Waals surface area (Å²) in [4.78, 5) is 4.17. The molecule has 1 aromatic heterocycles. The summed E-state index contributed by atoms with van der Waals surface area (Å²) in [7, 11) is 1.71. The Morgan fingerprint density at radius 1 is 0.897 bits per heavy atom. The number of methoxy groups -OCH3 is 1. The highest BCUT2D eigenvalue weighted by Gasteiger charge is 2.21. The average Bonchev–Trinajstić information content (AvgIpc) is 3.27. The van der Waals surface area contributed by atoms with E-state index in [1.165, 1.54) is 35.1 Å². The van der Waals surface area contributed by atoms with E-state index >= 15 is 0 Å². The van der Waals surface area contributed by atoms with Gasteiger partial charge >= 0.3 is 0 Å². The van der Waals surface area contributed by atoms with Crippen LogP contribution in [0, 0.1) is 6.92 Å². The fourth-order valence-electron chi connectivity index (χ4n) is 4.17. The first-order valence-electron chi connectivity index (χ1n) is 10.5. The van der Waals surface area contributed by atoms with Gasteiger partial charge in [0.1, 0.15) is 0 Å². The molecule has 1 heterocycles. The van der Waals surface area contributed by atoms with Crippen LogP contribution in [0.5, 0.6) is 11.5 Å². The minimum atomic E-state index is 0.245. The highest BCUT2D eigenvalue weighted by atomic mass is 16.5. The first-order chi connectivity index (χ1) is 14.2. The second-order valence-corrected chi connectivity index (χ2v) is 7.96. The van der Waals surface area contributed by atoms with E-state index in [9.17, 15) is 0 Å². The Bertz CT molecular complexity index is 915. The van der Waals surface area contributed by atoms with Gasteiger partial charge in [0.15, 0.2) is 11.5 Å². The molecule has 0 aliphatic heterocycles.